The van der Waals surface area contributed by atoms with Crippen LogP contribution in [0.4, 0.5) is 10.2 Å². The van der Waals surface area contributed by atoms with Gasteiger partial charge in [0.05, 0.1) is 18.3 Å². The van der Waals surface area contributed by atoms with Crippen LogP contribution in [0.15, 0.2) is 61.1 Å². The zero-order valence-corrected chi connectivity index (χ0v) is 23.1. The molecule has 6 rings (SSSR count). The van der Waals surface area contributed by atoms with Crippen LogP contribution in [0, 0.1) is 19.7 Å². The molecule has 0 amide bonds. The molecule has 5 heterocycles. The summed E-state index contributed by atoms with van der Waals surface area (Å²) >= 11 is 0. The van der Waals surface area contributed by atoms with E-state index >= 15 is 0 Å². The van der Waals surface area contributed by atoms with Gasteiger partial charge in [0.15, 0.2) is 0 Å². The first-order valence-electron chi connectivity index (χ1n) is 13.7. The summed E-state index contributed by atoms with van der Waals surface area (Å²) in [5.74, 6) is 0.723. The number of pyridine rings is 2. The molecule has 206 valence electrons. The number of β-amino-alcohol motifs (C(OH)–C–C–N with tert-alkyl or cyclic N) is 1. The lowest BCUT2D eigenvalue weighted by Gasteiger charge is -2.35. The Morgan fingerprint density at radius 3 is 2.52 bits per heavy atom. The molecule has 1 unspecified atom stereocenters. The van der Waals surface area contributed by atoms with E-state index in [4.69, 9.17) is 15.1 Å². The summed E-state index contributed by atoms with van der Waals surface area (Å²) in [5, 5.41) is 15.5. The minimum atomic E-state index is -0.306. The van der Waals surface area contributed by atoms with Crippen molar-refractivity contribution in [2.24, 2.45) is 0 Å². The monoisotopic (exact) mass is 539 g/mol. The zero-order chi connectivity index (χ0) is 27.8. The number of hydrogen-bond acceptors (Lipinski definition) is 6. The standard InChI is InChI=1S/C31H34FN7O/c1-20(40)18-37-9-11-38(12-10-37)29-8-7-24(15-33-29)25-14-27-28(17-35-31(27)34-16-25)30-21(2)36-39(22(30)3)19-23-5-4-6-26(32)13-23/h4-8,13-17,20,40H,9-12,18-19H2,1-3H3,(H,34,35). The molecule has 40 heavy (non-hydrogen) atoms. The molecular weight excluding hydrogens is 505 g/mol. The SMILES string of the molecule is Cc1nn(Cc2cccc(F)c2)c(C)c1-c1c[nH]c2ncc(-c3ccc(N4CCN(CC(C)O)CC4)nc3)cc12. The molecule has 4 aromatic heterocycles. The smallest absolute Gasteiger partial charge is 0.137 e. The molecule has 1 atom stereocenters. The third kappa shape index (κ3) is 5.22. The van der Waals surface area contributed by atoms with E-state index in [0.717, 1.165) is 82.2 Å². The van der Waals surface area contributed by atoms with Gasteiger partial charge in [0.1, 0.15) is 17.3 Å². The second-order valence-corrected chi connectivity index (χ2v) is 10.7. The van der Waals surface area contributed by atoms with Gasteiger partial charge >= 0.3 is 0 Å². The lowest BCUT2D eigenvalue weighted by Crippen LogP contribution is -2.48. The highest BCUT2D eigenvalue weighted by Gasteiger charge is 2.20. The first kappa shape index (κ1) is 26.2. The molecular formula is C31H34FN7O. The van der Waals surface area contributed by atoms with Gasteiger partial charge in [0, 0.05) is 84.6 Å². The number of aryl methyl sites for hydroxylation is 1. The number of benzene rings is 1. The van der Waals surface area contributed by atoms with Crippen molar-refractivity contribution in [2.45, 2.75) is 33.4 Å². The van der Waals surface area contributed by atoms with Gasteiger partial charge in [0.2, 0.25) is 0 Å². The Balaban J connectivity index is 1.25. The number of fused-ring (bicyclic) bond motifs is 1. The average molecular weight is 540 g/mol. The first-order valence-corrected chi connectivity index (χ1v) is 13.7. The Labute approximate surface area is 233 Å². The Hall–Kier alpha value is -4.08. The first-order chi connectivity index (χ1) is 19.4. The van der Waals surface area contributed by atoms with Gasteiger partial charge in [0.25, 0.3) is 0 Å². The third-order valence-electron chi connectivity index (χ3n) is 7.70. The van der Waals surface area contributed by atoms with Crippen LogP contribution in [-0.2, 0) is 6.54 Å². The number of halogens is 1. The van der Waals surface area contributed by atoms with Gasteiger partial charge in [-0.15, -0.1) is 0 Å². The maximum Gasteiger partial charge on any atom is 0.137 e. The number of aliphatic hydroxyl groups excluding tert-OH is 1. The summed E-state index contributed by atoms with van der Waals surface area (Å²) in [6.07, 6.45) is 5.48. The maximum atomic E-state index is 13.7. The van der Waals surface area contributed by atoms with Crippen molar-refractivity contribution in [1.82, 2.24) is 29.6 Å². The fourth-order valence-electron chi connectivity index (χ4n) is 5.69. The van der Waals surface area contributed by atoms with Crippen LogP contribution in [-0.4, -0.2) is 73.6 Å². The topological polar surface area (TPSA) is 86.1 Å². The number of aromatic amines is 1. The van der Waals surface area contributed by atoms with E-state index in [9.17, 15) is 9.50 Å². The zero-order valence-electron chi connectivity index (χ0n) is 23.1. The molecule has 1 aliphatic rings. The van der Waals surface area contributed by atoms with Crippen molar-refractivity contribution in [3.8, 4) is 22.3 Å². The lowest BCUT2D eigenvalue weighted by atomic mass is 10.0. The molecule has 0 bridgehead atoms. The van der Waals surface area contributed by atoms with E-state index in [-0.39, 0.29) is 11.9 Å². The quantitative estimate of drug-likeness (QED) is 0.309. The molecule has 9 heteroatoms. The van der Waals surface area contributed by atoms with E-state index in [1.165, 1.54) is 6.07 Å². The van der Waals surface area contributed by atoms with Gasteiger partial charge < -0.3 is 15.0 Å². The van der Waals surface area contributed by atoms with Crippen molar-refractivity contribution in [2.75, 3.05) is 37.6 Å². The highest BCUT2D eigenvalue weighted by molar-refractivity contribution is 5.96. The van der Waals surface area contributed by atoms with Crippen LogP contribution in [0.3, 0.4) is 0 Å². The van der Waals surface area contributed by atoms with E-state index in [2.05, 4.69) is 39.9 Å². The molecule has 1 fully saturated rings. The minimum absolute atomic E-state index is 0.243. The largest absolute Gasteiger partial charge is 0.392 e. The minimum Gasteiger partial charge on any atom is -0.392 e. The summed E-state index contributed by atoms with van der Waals surface area (Å²) in [5.41, 5.74) is 7.74. The number of hydrogen-bond donors (Lipinski definition) is 2. The number of rotatable bonds is 7. The van der Waals surface area contributed by atoms with Gasteiger partial charge in [-0.2, -0.15) is 5.10 Å². The number of H-pyrrole nitrogens is 1. The predicted octanol–water partition coefficient (Wildman–Crippen LogP) is 4.80. The van der Waals surface area contributed by atoms with Gasteiger partial charge in [-0.05, 0) is 56.7 Å². The van der Waals surface area contributed by atoms with Gasteiger partial charge in [-0.3, -0.25) is 9.58 Å². The van der Waals surface area contributed by atoms with E-state index < -0.39 is 0 Å². The van der Waals surface area contributed by atoms with E-state index in [0.29, 0.717) is 13.1 Å². The number of nitrogens with one attached hydrogen (secondary N) is 1. The molecule has 5 aromatic rings. The number of anilines is 1. The number of nitrogens with zero attached hydrogens (tertiary/aromatic N) is 6. The Kier molecular flexibility index (Phi) is 7.08. The molecule has 0 aliphatic carbocycles. The van der Waals surface area contributed by atoms with E-state index in [1.54, 1.807) is 12.1 Å². The van der Waals surface area contributed by atoms with Crippen LogP contribution < -0.4 is 4.90 Å². The fraction of sp³-hybridized carbons (Fsp3) is 0.323. The second-order valence-electron chi connectivity index (χ2n) is 10.7. The lowest BCUT2D eigenvalue weighted by molar-refractivity contribution is 0.122. The number of aliphatic hydroxyl groups is 1. The van der Waals surface area contributed by atoms with Crippen LogP contribution in [0.25, 0.3) is 33.3 Å². The molecule has 0 spiro atoms. The van der Waals surface area contributed by atoms with Crippen molar-refractivity contribution < 1.29 is 9.50 Å². The Morgan fingerprint density at radius 1 is 1.00 bits per heavy atom. The number of aromatic nitrogens is 5. The number of piperazine rings is 1. The molecule has 8 nitrogen and oxygen atoms in total. The summed E-state index contributed by atoms with van der Waals surface area (Å²) in [6, 6.07) is 13.0. The van der Waals surface area contributed by atoms with Crippen LogP contribution >= 0.6 is 0 Å². The summed E-state index contributed by atoms with van der Waals surface area (Å²) < 4.78 is 15.7. The van der Waals surface area contributed by atoms with Crippen molar-refractivity contribution in [3.63, 3.8) is 0 Å². The van der Waals surface area contributed by atoms with Crippen LogP contribution in [0.2, 0.25) is 0 Å². The highest BCUT2D eigenvalue weighted by atomic mass is 19.1. The van der Waals surface area contributed by atoms with Crippen molar-refractivity contribution in [3.05, 3.63) is 83.8 Å². The third-order valence-corrected chi connectivity index (χ3v) is 7.70. The van der Waals surface area contributed by atoms with Gasteiger partial charge in [-0.25, -0.2) is 14.4 Å². The van der Waals surface area contributed by atoms with Crippen LogP contribution in [0.1, 0.15) is 23.9 Å². The summed E-state index contributed by atoms with van der Waals surface area (Å²) in [6.45, 7) is 10.7. The molecule has 0 saturated carbocycles. The average Bonchev–Trinajstić information content (AvgIpc) is 3.47. The molecule has 2 N–H and O–H groups in total. The summed E-state index contributed by atoms with van der Waals surface area (Å²) in [7, 11) is 0. The molecule has 1 aromatic carbocycles. The maximum absolute atomic E-state index is 13.7. The normalized spacial score (nSPS) is 15.2. The Bertz CT molecular complexity index is 1630. The predicted molar refractivity (Wildman–Crippen MR) is 156 cm³/mol. The van der Waals surface area contributed by atoms with Crippen molar-refractivity contribution >= 4 is 16.9 Å². The Morgan fingerprint density at radius 2 is 1.80 bits per heavy atom. The molecule has 1 aliphatic heterocycles. The van der Waals surface area contributed by atoms with Gasteiger partial charge in [-0.1, -0.05) is 12.1 Å². The molecule has 0 radical (unpaired) electrons. The molecule has 1 saturated heterocycles. The second kappa shape index (κ2) is 10.8. The van der Waals surface area contributed by atoms with Crippen LogP contribution in [0.5, 0.6) is 0 Å². The summed E-state index contributed by atoms with van der Waals surface area (Å²) in [4.78, 5) is 17.4. The fourth-order valence-corrected chi connectivity index (χ4v) is 5.69. The van der Waals surface area contributed by atoms with Crippen molar-refractivity contribution in [1.29, 1.82) is 0 Å². The highest BCUT2D eigenvalue weighted by Crippen LogP contribution is 2.35. The van der Waals surface area contributed by atoms with E-state index in [1.807, 2.05) is 43.2 Å².